The summed E-state index contributed by atoms with van der Waals surface area (Å²) < 4.78 is 0. The SMILES string of the molecule is CN(C)CC1(c2ccc(CCN3C(=O)c4cc(Cl)ccc4C3C(N)=O)cc2)CC1. The highest BCUT2D eigenvalue weighted by atomic mass is 35.5. The average Bonchev–Trinajstić information content (AvgIpc) is 3.39. The van der Waals surface area contributed by atoms with Gasteiger partial charge in [-0.3, -0.25) is 9.59 Å². The van der Waals surface area contributed by atoms with Crippen LogP contribution in [0.2, 0.25) is 5.02 Å². The number of hydrogen-bond acceptors (Lipinski definition) is 3. The maximum Gasteiger partial charge on any atom is 0.255 e. The Hall–Kier alpha value is -2.37. The highest BCUT2D eigenvalue weighted by molar-refractivity contribution is 6.31. The number of fused-ring (bicyclic) bond motifs is 1. The van der Waals surface area contributed by atoms with Crippen LogP contribution in [0.25, 0.3) is 0 Å². The largest absolute Gasteiger partial charge is 0.368 e. The van der Waals surface area contributed by atoms with E-state index < -0.39 is 11.9 Å². The maximum atomic E-state index is 12.8. The number of hydrogen-bond donors (Lipinski definition) is 1. The predicted molar refractivity (Wildman–Crippen MR) is 114 cm³/mol. The summed E-state index contributed by atoms with van der Waals surface area (Å²) in [5, 5.41) is 0.476. The summed E-state index contributed by atoms with van der Waals surface area (Å²) in [7, 11) is 4.23. The van der Waals surface area contributed by atoms with E-state index in [0.29, 0.717) is 34.5 Å². The van der Waals surface area contributed by atoms with Gasteiger partial charge in [0.15, 0.2) is 0 Å². The van der Waals surface area contributed by atoms with E-state index in [1.807, 2.05) is 0 Å². The number of amides is 2. The van der Waals surface area contributed by atoms with E-state index in [1.54, 1.807) is 23.1 Å². The topological polar surface area (TPSA) is 66.6 Å². The standard InChI is InChI=1S/C23H26ClN3O2/c1-26(2)14-23(10-11-23)16-5-3-15(4-6-16)9-12-27-20(21(25)28)18-8-7-17(24)13-19(18)22(27)29/h3-8,13,20H,9-12,14H2,1-2H3,(H2,25,28). The molecule has 1 heterocycles. The molecule has 2 amide bonds. The molecular formula is C23H26ClN3O2. The van der Waals surface area contributed by atoms with Gasteiger partial charge in [0.25, 0.3) is 5.91 Å². The fourth-order valence-electron chi connectivity index (χ4n) is 4.50. The summed E-state index contributed by atoms with van der Waals surface area (Å²) in [6.07, 6.45) is 3.13. The van der Waals surface area contributed by atoms with Crippen LogP contribution in [0, 0.1) is 0 Å². The summed E-state index contributed by atoms with van der Waals surface area (Å²) in [5.41, 5.74) is 9.54. The zero-order valence-electron chi connectivity index (χ0n) is 16.8. The Kier molecular flexibility index (Phi) is 5.13. The summed E-state index contributed by atoms with van der Waals surface area (Å²) in [6, 6.07) is 13.0. The van der Waals surface area contributed by atoms with E-state index in [9.17, 15) is 9.59 Å². The summed E-state index contributed by atoms with van der Waals surface area (Å²) in [4.78, 5) is 28.7. The number of nitrogens with zero attached hydrogens (tertiary/aromatic N) is 2. The Morgan fingerprint density at radius 3 is 2.48 bits per heavy atom. The van der Waals surface area contributed by atoms with Crippen LogP contribution in [-0.4, -0.2) is 48.8 Å². The van der Waals surface area contributed by atoms with Crippen LogP contribution >= 0.6 is 11.6 Å². The lowest BCUT2D eigenvalue weighted by atomic mass is 9.94. The number of halogens is 1. The van der Waals surface area contributed by atoms with Gasteiger partial charge in [-0.05, 0) is 62.2 Å². The second-order valence-corrected chi connectivity index (χ2v) is 8.94. The Labute approximate surface area is 176 Å². The molecule has 2 aromatic rings. The van der Waals surface area contributed by atoms with Crippen LogP contribution in [0.5, 0.6) is 0 Å². The minimum absolute atomic E-state index is 0.189. The Balaban J connectivity index is 1.47. The van der Waals surface area contributed by atoms with Gasteiger partial charge in [-0.2, -0.15) is 0 Å². The minimum atomic E-state index is -0.733. The van der Waals surface area contributed by atoms with Gasteiger partial charge < -0.3 is 15.5 Å². The number of primary amides is 1. The predicted octanol–water partition coefficient (Wildman–Crippen LogP) is 3.16. The molecule has 1 fully saturated rings. The monoisotopic (exact) mass is 411 g/mol. The van der Waals surface area contributed by atoms with Crippen molar-refractivity contribution in [2.75, 3.05) is 27.2 Å². The first-order valence-corrected chi connectivity index (χ1v) is 10.3. The van der Waals surface area contributed by atoms with Gasteiger partial charge in [0.2, 0.25) is 5.91 Å². The fraction of sp³-hybridized carbons (Fsp3) is 0.391. The Morgan fingerprint density at radius 1 is 1.21 bits per heavy atom. The molecule has 2 aliphatic rings. The second-order valence-electron chi connectivity index (χ2n) is 8.50. The second kappa shape index (κ2) is 7.47. The molecule has 6 heteroatoms. The summed E-state index contributed by atoms with van der Waals surface area (Å²) in [6.45, 7) is 1.50. The van der Waals surface area contributed by atoms with Crippen molar-refractivity contribution in [3.63, 3.8) is 0 Å². The maximum absolute atomic E-state index is 12.8. The first-order valence-electron chi connectivity index (χ1n) is 9.95. The molecule has 2 N–H and O–H groups in total. The van der Waals surface area contributed by atoms with E-state index in [1.165, 1.54) is 18.4 Å². The molecule has 0 aromatic heterocycles. The van der Waals surface area contributed by atoms with Crippen LogP contribution in [0.3, 0.4) is 0 Å². The molecule has 29 heavy (non-hydrogen) atoms. The molecule has 0 spiro atoms. The molecule has 0 bridgehead atoms. The van der Waals surface area contributed by atoms with Crippen molar-refractivity contribution in [2.45, 2.75) is 30.7 Å². The van der Waals surface area contributed by atoms with Crippen molar-refractivity contribution < 1.29 is 9.59 Å². The average molecular weight is 412 g/mol. The minimum Gasteiger partial charge on any atom is -0.368 e. The van der Waals surface area contributed by atoms with Crippen LogP contribution in [-0.2, 0) is 16.6 Å². The normalized spacial score (nSPS) is 19.5. The summed E-state index contributed by atoms with van der Waals surface area (Å²) in [5.74, 6) is -0.708. The summed E-state index contributed by atoms with van der Waals surface area (Å²) >= 11 is 6.03. The molecule has 5 nitrogen and oxygen atoms in total. The Morgan fingerprint density at radius 2 is 1.90 bits per heavy atom. The molecule has 152 valence electrons. The van der Waals surface area contributed by atoms with E-state index >= 15 is 0 Å². The van der Waals surface area contributed by atoms with Gasteiger partial charge >= 0.3 is 0 Å². The number of carbonyl (C=O) groups is 2. The third kappa shape index (κ3) is 3.77. The molecule has 1 unspecified atom stereocenters. The van der Waals surface area contributed by atoms with Crippen LogP contribution in [0.15, 0.2) is 42.5 Å². The lowest BCUT2D eigenvalue weighted by Gasteiger charge is -2.23. The number of rotatable bonds is 7. The third-order valence-electron chi connectivity index (χ3n) is 6.06. The quantitative estimate of drug-likeness (QED) is 0.761. The van der Waals surface area contributed by atoms with Gasteiger partial charge in [-0.1, -0.05) is 41.9 Å². The van der Waals surface area contributed by atoms with Crippen molar-refractivity contribution in [2.24, 2.45) is 5.73 Å². The smallest absolute Gasteiger partial charge is 0.255 e. The highest BCUT2D eigenvalue weighted by Gasteiger charge is 2.44. The van der Waals surface area contributed by atoms with E-state index in [0.717, 1.165) is 12.1 Å². The van der Waals surface area contributed by atoms with Crippen molar-refractivity contribution in [1.82, 2.24) is 9.80 Å². The molecule has 1 aliphatic heterocycles. The van der Waals surface area contributed by atoms with E-state index in [-0.39, 0.29) is 5.91 Å². The number of benzene rings is 2. The zero-order valence-corrected chi connectivity index (χ0v) is 17.6. The van der Waals surface area contributed by atoms with E-state index in [2.05, 4.69) is 43.3 Å². The van der Waals surface area contributed by atoms with E-state index in [4.69, 9.17) is 17.3 Å². The van der Waals surface area contributed by atoms with Gasteiger partial charge in [-0.25, -0.2) is 0 Å². The number of nitrogens with two attached hydrogens (primary N) is 1. The zero-order chi connectivity index (χ0) is 20.8. The molecule has 1 aliphatic carbocycles. The fourth-order valence-corrected chi connectivity index (χ4v) is 4.67. The Bertz CT molecular complexity index is 951. The van der Waals surface area contributed by atoms with Gasteiger partial charge in [0, 0.05) is 29.1 Å². The highest BCUT2D eigenvalue weighted by Crippen LogP contribution is 2.48. The van der Waals surface area contributed by atoms with Crippen molar-refractivity contribution in [1.29, 1.82) is 0 Å². The molecule has 1 saturated carbocycles. The van der Waals surface area contributed by atoms with Gasteiger partial charge in [0.1, 0.15) is 6.04 Å². The van der Waals surface area contributed by atoms with Gasteiger partial charge in [-0.15, -0.1) is 0 Å². The third-order valence-corrected chi connectivity index (χ3v) is 6.30. The first-order chi connectivity index (χ1) is 13.8. The molecule has 4 rings (SSSR count). The van der Waals surface area contributed by atoms with Crippen LogP contribution in [0.1, 0.15) is 45.9 Å². The molecule has 2 aromatic carbocycles. The number of likely N-dealkylation sites (N-methyl/N-ethyl adjacent to an activating group) is 1. The van der Waals surface area contributed by atoms with Crippen molar-refractivity contribution in [3.8, 4) is 0 Å². The number of carbonyl (C=O) groups excluding carboxylic acids is 2. The molecule has 0 radical (unpaired) electrons. The lowest BCUT2D eigenvalue weighted by Crippen LogP contribution is -2.37. The molecule has 0 saturated heterocycles. The van der Waals surface area contributed by atoms with Crippen LogP contribution in [0.4, 0.5) is 0 Å². The van der Waals surface area contributed by atoms with Crippen molar-refractivity contribution in [3.05, 3.63) is 69.7 Å². The lowest BCUT2D eigenvalue weighted by molar-refractivity contribution is -0.122. The van der Waals surface area contributed by atoms with Crippen molar-refractivity contribution >= 4 is 23.4 Å². The molecule has 1 atom stereocenters. The first kappa shape index (κ1) is 19.9. The molecular weight excluding hydrogens is 386 g/mol. The van der Waals surface area contributed by atoms with Gasteiger partial charge in [0.05, 0.1) is 0 Å². The van der Waals surface area contributed by atoms with Crippen LogP contribution < -0.4 is 5.73 Å².